The highest BCUT2D eigenvalue weighted by molar-refractivity contribution is 5.88. The molecule has 2 aliphatic rings. The summed E-state index contributed by atoms with van der Waals surface area (Å²) >= 11 is 0. The number of hydrogen-bond acceptors (Lipinski definition) is 3. The molecule has 2 fully saturated rings. The second-order valence-corrected chi connectivity index (χ2v) is 8.01. The molecular weight excluding hydrogens is 334 g/mol. The van der Waals surface area contributed by atoms with Gasteiger partial charge in [-0.3, -0.25) is 9.69 Å². The monoisotopic (exact) mass is 363 g/mol. The van der Waals surface area contributed by atoms with Gasteiger partial charge in [-0.05, 0) is 43.5 Å². The first kappa shape index (κ1) is 18.2. The average molecular weight is 364 g/mol. The van der Waals surface area contributed by atoms with Gasteiger partial charge in [0.1, 0.15) is 0 Å². The third-order valence-corrected chi connectivity index (χ3v) is 6.21. The fourth-order valence-electron chi connectivity index (χ4n) is 4.59. The first-order valence-corrected chi connectivity index (χ1v) is 10.0. The molecule has 0 aromatic heterocycles. The summed E-state index contributed by atoms with van der Waals surface area (Å²) in [6.07, 6.45) is 2.65. The van der Waals surface area contributed by atoms with Gasteiger partial charge in [-0.25, -0.2) is 0 Å². The van der Waals surface area contributed by atoms with Crippen molar-refractivity contribution in [3.63, 3.8) is 0 Å². The Kier molecular flexibility index (Phi) is 5.28. The second-order valence-electron chi connectivity index (χ2n) is 8.01. The standard InChI is InChI=1S/C23H29N3O/c24-21-11-14-26(18-21)22(27)23(20-9-5-2-6-10-20)12-15-25(16-13-23)17-19-7-3-1-4-8-19/h1-10,21H,11-18,24H2/t21-/m0/s1. The third-order valence-electron chi connectivity index (χ3n) is 6.21. The molecule has 2 saturated heterocycles. The summed E-state index contributed by atoms with van der Waals surface area (Å²) in [5, 5.41) is 0. The normalized spacial score (nSPS) is 22.7. The highest BCUT2D eigenvalue weighted by Crippen LogP contribution is 2.38. The number of hydrogen-bond donors (Lipinski definition) is 1. The molecule has 2 aromatic carbocycles. The Labute approximate surface area is 162 Å². The van der Waals surface area contributed by atoms with Crippen LogP contribution in [0.3, 0.4) is 0 Å². The maximum atomic E-state index is 13.6. The van der Waals surface area contributed by atoms with E-state index in [1.165, 1.54) is 5.56 Å². The van der Waals surface area contributed by atoms with Crippen LogP contribution in [0.5, 0.6) is 0 Å². The minimum Gasteiger partial charge on any atom is -0.340 e. The maximum absolute atomic E-state index is 13.6. The van der Waals surface area contributed by atoms with Crippen molar-refractivity contribution in [3.8, 4) is 0 Å². The van der Waals surface area contributed by atoms with Crippen LogP contribution in [0, 0.1) is 0 Å². The van der Waals surface area contributed by atoms with Crippen LogP contribution in [-0.2, 0) is 16.8 Å². The second kappa shape index (κ2) is 7.83. The van der Waals surface area contributed by atoms with Gasteiger partial charge in [0.2, 0.25) is 5.91 Å². The first-order chi connectivity index (χ1) is 13.2. The van der Waals surface area contributed by atoms with Gasteiger partial charge in [-0.15, -0.1) is 0 Å². The summed E-state index contributed by atoms with van der Waals surface area (Å²) < 4.78 is 0. The number of amides is 1. The molecule has 1 atom stereocenters. The molecule has 0 aliphatic carbocycles. The van der Waals surface area contributed by atoms with Crippen LogP contribution < -0.4 is 5.73 Å². The van der Waals surface area contributed by atoms with Crippen molar-refractivity contribution in [2.75, 3.05) is 26.2 Å². The van der Waals surface area contributed by atoms with Gasteiger partial charge in [0, 0.05) is 25.7 Å². The Balaban J connectivity index is 1.53. The summed E-state index contributed by atoms with van der Waals surface area (Å²) in [4.78, 5) is 18.1. The maximum Gasteiger partial charge on any atom is 0.233 e. The number of benzene rings is 2. The molecule has 4 rings (SSSR count). The van der Waals surface area contributed by atoms with Crippen LogP contribution in [0.15, 0.2) is 60.7 Å². The van der Waals surface area contributed by atoms with Gasteiger partial charge >= 0.3 is 0 Å². The van der Waals surface area contributed by atoms with Crippen molar-refractivity contribution in [2.45, 2.75) is 37.3 Å². The lowest BCUT2D eigenvalue weighted by atomic mass is 9.71. The summed E-state index contributed by atoms with van der Waals surface area (Å²) in [7, 11) is 0. The highest BCUT2D eigenvalue weighted by atomic mass is 16.2. The SMILES string of the molecule is N[C@H]1CCN(C(=O)C2(c3ccccc3)CCN(Cc3ccccc3)CC2)C1. The minimum atomic E-state index is -0.404. The van der Waals surface area contributed by atoms with E-state index in [0.717, 1.165) is 51.0 Å². The summed E-state index contributed by atoms with van der Waals surface area (Å²) in [6.45, 7) is 4.32. The number of likely N-dealkylation sites (tertiary alicyclic amines) is 2. The van der Waals surface area contributed by atoms with Crippen molar-refractivity contribution in [3.05, 3.63) is 71.8 Å². The Morgan fingerprint density at radius 1 is 0.963 bits per heavy atom. The predicted octanol–water partition coefficient (Wildman–Crippen LogP) is 2.78. The van der Waals surface area contributed by atoms with Crippen LogP contribution in [0.1, 0.15) is 30.4 Å². The van der Waals surface area contributed by atoms with Gasteiger partial charge in [0.25, 0.3) is 0 Å². The quantitative estimate of drug-likeness (QED) is 0.909. The predicted molar refractivity (Wildman–Crippen MR) is 108 cm³/mol. The van der Waals surface area contributed by atoms with E-state index in [9.17, 15) is 4.79 Å². The van der Waals surface area contributed by atoms with Crippen LogP contribution in [0.2, 0.25) is 0 Å². The zero-order valence-electron chi connectivity index (χ0n) is 15.9. The van der Waals surface area contributed by atoms with Gasteiger partial charge in [-0.1, -0.05) is 60.7 Å². The molecule has 1 amide bonds. The minimum absolute atomic E-state index is 0.125. The fraction of sp³-hybridized carbons (Fsp3) is 0.435. The average Bonchev–Trinajstić information content (AvgIpc) is 3.16. The van der Waals surface area contributed by atoms with E-state index in [2.05, 4.69) is 59.5 Å². The number of piperidine rings is 1. The molecule has 2 aromatic rings. The fourth-order valence-corrected chi connectivity index (χ4v) is 4.59. The summed E-state index contributed by atoms with van der Waals surface area (Å²) in [6, 6.07) is 21.1. The molecule has 2 N–H and O–H groups in total. The van der Waals surface area contributed by atoms with Crippen LogP contribution in [0.4, 0.5) is 0 Å². The Bertz CT molecular complexity index is 754. The smallest absolute Gasteiger partial charge is 0.233 e. The van der Waals surface area contributed by atoms with Gasteiger partial charge in [0.15, 0.2) is 0 Å². The van der Waals surface area contributed by atoms with E-state index in [0.29, 0.717) is 6.54 Å². The molecule has 2 aliphatic heterocycles. The van der Waals surface area contributed by atoms with Crippen LogP contribution in [0.25, 0.3) is 0 Å². The third kappa shape index (κ3) is 3.78. The lowest BCUT2D eigenvalue weighted by molar-refractivity contribution is -0.138. The summed E-state index contributed by atoms with van der Waals surface area (Å²) in [5.41, 5.74) is 8.17. The van der Waals surface area contributed by atoms with E-state index < -0.39 is 5.41 Å². The van der Waals surface area contributed by atoms with Gasteiger partial charge < -0.3 is 10.6 Å². The number of carbonyl (C=O) groups is 1. The zero-order chi connectivity index (χ0) is 18.7. The molecule has 0 radical (unpaired) electrons. The molecular formula is C23H29N3O. The lowest BCUT2D eigenvalue weighted by Gasteiger charge is -2.43. The number of nitrogens with zero attached hydrogens (tertiary/aromatic N) is 2. The lowest BCUT2D eigenvalue weighted by Crippen LogP contribution is -2.52. The number of carbonyl (C=O) groups excluding carboxylic acids is 1. The topological polar surface area (TPSA) is 49.6 Å². The summed E-state index contributed by atoms with van der Waals surface area (Å²) in [5.74, 6) is 0.279. The largest absolute Gasteiger partial charge is 0.340 e. The molecule has 27 heavy (non-hydrogen) atoms. The molecule has 4 nitrogen and oxygen atoms in total. The molecule has 0 unspecified atom stereocenters. The zero-order valence-corrected chi connectivity index (χ0v) is 15.9. The van der Waals surface area contributed by atoms with E-state index in [1.54, 1.807) is 0 Å². The number of nitrogens with two attached hydrogens (primary N) is 1. The van der Waals surface area contributed by atoms with Gasteiger partial charge in [0.05, 0.1) is 5.41 Å². The van der Waals surface area contributed by atoms with E-state index in [1.807, 2.05) is 11.0 Å². The Morgan fingerprint density at radius 3 is 2.19 bits per heavy atom. The molecule has 0 saturated carbocycles. The van der Waals surface area contributed by atoms with Crippen LogP contribution in [-0.4, -0.2) is 47.9 Å². The molecule has 2 heterocycles. The highest BCUT2D eigenvalue weighted by Gasteiger charge is 2.45. The van der Waals surface area contributed by atoms with Crippen LogP contribution >= 0.6 is 0 Å². The Morgan fingerprint density at radius 2 is 1.59 bits per heavy atom. The van der Waals surface area contributed by atoms with E-state index in [-0.39, 0.29) is 11.9 Å². The van der Waals surface area contributed by atoms with Crippen molar-refractivity contribution in [1.82, 2.24) is 9.80 Å². The van der Waals surface area contributed by atoms with Crippen molar-refractivity contribution in [2.24, 2.45) is 5.73 Å². The molecule has 142 valence electrons. The Hall–Kier alpha value is -2.17. The molecule has 4 heteroatoms. The van der Waals surface area contributed by atoms with E-state index >= 15 is 0 Å². The molecule has 0 spiro atoms. The van der Waals surface area contributed by atoms with Crippen molar-refractivity contribution in [1.29, 1.82) is 0 Å². The van der Waals surface area contributed by atoms with Gasteiger partial charge in [-0.2, -0.15) is 0 Å². The number of rotatable bonds is 4. The molecule has 0 bridgehead atoms. The van der Waals surface area contributed by atoms with E-state index in [4.69, 9.17) is 5.73 Å². The van der Waals surface area contributed by atoms with Crippen molar-refractivity contribution < 1.29 is 4.79 Å². The van der Waals surface area contributed by atoms with Crippen molar-refractivity contribution >= 4 is 5.91 Å². The first-order valence-electron chi connectivity index (χ1n) is 10.0.